The molecule has 2 amide bonds. The zero-order valence-corrected chi connectivity index (χ0v) is 16.7. The molecule has 0 saturated carbocycles. The molecule has 27 heavy (non-hydrogen) atoms. The number of nitrogens with zero attached hydrogens (tertiary/aromatic N) is 2. The maximum Gasteiger partial charge on any atom is 0.317 e. The van der Waals surface area contributed by atoms with E-state index in [1.807, 2.05) is 23.1 Å². The number of urea groups is 1. The molecular weight excluding hydrogens is 342 g/mol. The number of nitrogens with one attached hydrogen (secondary N) is 1. The fourth-order valence-corrected chi connectivity index (χ4v) is 3.79. The van der Waals surface area contributed by atoms with Gasteiger partial charge < -0.3 is 19.7 Å². The second-order valence-electron chi connectivity index (χ2n) is 8.19. The van der Waals surface area contributed by atoms with Gasteiger partial charge in [0.05, 0.1) is 26.4 Å². The number of likely N-dealkylation sites (tertiary alicyclic amines) is 1. The van der Waals surface area contributed by atoms with Gasteiger partial charge in [-0.3, -0.25) is 4.90 Å². The van der Waals surface area contributed by atoms with Gasteiger partial charge in [0.2, 0.25) is 0 Å². The summed E-state index contributed by atoms with van der Waals surface area (Å²) in [7, 11) is 0. The number of hydrogen-bond acceptors (Lipinski definition) is 4. The number of amides is 2. The van der Waals surface area contributed by atoms with Crippen LogP contribution < -0.4 is 5.32 Å². The zero-order chi connectivity index (χ0) is 19.1. The fourth-order valence-electron chi connectivity index (χ4n) is 3.79. The van der Waals surface area contributed by atoms with Gasteiger partial charge in [0.25, 0.3) is 0 Å². The third-order valence-electron chi connectivity index (χ3n) is 5.51. The third-order valence-corrected chi connectivity index (χ3v) is 5.51. The molecule has 150 valence electrons. The van der Waals surface area contributed by atoms with Crippen molar-refractivity contribution >= 4 is 6.03 Å². The Balaban J connectivity index is 1.31. The molecule has 0 spiro atoms. The van der Waals surface area contributed by atoms with E-state index in [-0.39, 0.29) is 11.6 Å². The first-order chi connectivity index (χ1) is 13.0. The van der Waals surface area contributed by atoms with E-state index in [1.165, 1.54) is 5.56 Å². The molecule has 2 aliphatic rings. The molecule has 3 rings (SSSR count). The Morgan fingerprint density at radius 2 is 2.11 bits per heavy atom. The Labute approximate surface area is 162 Å². The van der Waals surface area contributed by atoms with Crippen molar-refractivity contribution in [1.82, 2.24) is 15.1 Å². The molecule has 1 unspecified atom stereocenters. The van der Waals surface area contributed by atoms with Crippen LogP contribution in [0, 0.1) is 5.92 Å². The molecule has 0 radical (unpaired) electrons. The Bertz CT molecular complexity index is 594. The minimum atomic E-state index is 0.0395. The molecule has 2 fully saturated rings. The van der Waals surface area contributed by atoms with E-state index < -0.39 is 0 Å². The highest BCUT2D eigenvalue weighted by molar-refractivity contribution is 5.74. The van der Waals surface area contributed by atoms with Gasteiger partial charge in [-0.1, -0.05) is 30.3 Å². The van der Waals surface area contributed by atoms with Gasteiger partial charge >= 0.3 is 6.03 Å². The Kier molecular flexibility index (Phi) is 7.10. The van der Waals surface area contributed by atoms with Crippen molar-refractivity contribution < 1.29 is 14.3 Å². The largest absolute Gasteiger partial charge is 0.378 e. The van der Waals surface area contributed by atoms with Gasteiger partial charge in [-0.25, -0.2) is 4.79 Å². The fraction of sp³-hybridized carbons (Fsp3) is 0.667. The van der Waals surface area contributed by atoms with Crippen molar-refractivity contribution in [3.63, 3.8) is 0 Å². The monoisotopic (exact) mass is 375 g/mol. The van der Waals surface area contributed by atoms with Gasteiger partial charge in [0.1, 0.15) is 0 Å². The second kappa shape index (κ2) is 9.53. The molecule has 2 heterocycles. The van der Waals surface area contributed by atoms with Crippen LogP contribution in [0.2, 0.25) is 0 Å². The molecule has 0 aliphatic carbocycles. The van der Waals surface area contributed by atoms with E-state index in [9.17, 15) is 4.79 Å². The number of benzene rings is 1. The van der Waals surface area contributed by atoms with Crippen LogP contribution in [0.3, 0.4) is 0 Å². The normalized spacial score (nSPS) is 22.7. The van der Waals surface area contributed by atoms with Crippen LogP contribution in [0.4, 0.5) is 4.79 Å². The summed E-state index contributed by atoms with van der Waals surface area (Å²) in [6, 6.07) is 10.3. The van der Waals surface area contributed by atoms with Crippen LogP contribution >= 0.6 is 0 Å². The highest BCUT2D eigenvalue weighted by atomic mass is 16.5. The van der Waals surface area contributed by atoms with Gasteiger partial charge in [-0.15, -0.1) is 0 Å². The molecule has 0 aromatic heterocycles. The van der Waals surface area contributed by atoms with Crippen molar-refractivity contribution in [3.8, 4) is 0 Å². The zero-order valence-electron chi connectivity index (χ0n) is 16.7. The second-order valence-corrected chi connectivity index (χ2v) is 8.19. The molecule has 2 aliphatic heterocycles. The third kappa shape index (κ3) is 5.92. The summed E-state index contributed by atoms with van der Waals surface area (Å²) >= 11 is 0. The van der Waals surface area contributed by atoms with Crippen LogP contribution in [0.15, 0.2) is 30.3 Å². The van der Waals surface area contributed by atoms with E-state index in [0.29, 0.717) is 25.7 Å². The van der Waals surface area contributed by atoms with E-state index in [1.54, 1.807) is 0 Å². The van der Waals surface area contributed by atoms with Crippen molar-refractivity contribution in [3.05, 3.63) is 35.9 Å². The van der Waals surface area contributed by atoms with Gasteiger partial charge in [0.15, 0.2) is 0 Å². The van der Waals surface area contributed by atoms with Crippen molar-refractivity contribution in [2.24, 2.45) is 5.92 Å². The topological polar surface area (TPSA) is 54.0 Å². The SMILES string of the molecule is CC1(C)COCCN1CCNC(=O)N1CCC(COCc2ccccc2)C1. The lowest BCUT2D eigenvalue weighted by atomic mass is 10.0. The van der Waals surface area contributed by atoms with E-state index >= 15 is 0 Å². The number of carbonyl (C=O) groups is 1. The van der Waals surface area contributed by atoms with Crippen LogP contribution in [-0.4, -0.2) is 73.9 Å². The number of morpholine rings is 1. The molecular formula is C21H33N3O3. The summed E-state index contributed by atoms with van der Waals surface area (Å²) < 4.78 is 11.4. The maximum atomic E-state index is 12.4. The van der Waals surface area contributed by atoms with Crippen LogP contribution in [0.1, 0.15) is 25.8 Å². The lowest BCUT2D eigenvalue weighted by Crippen LogP contribution is -2.55. The van der Waals surface area contributed by atoms with Gasteiger partial charge in [-0.2, -0.15) is 0 Å². The average Bonchev–Trinajstić information content (AvgIpc) is 3.13. The standard InChI is InChI=1S/C21H33N3O3/c1-21(2)17-26-13-12-24(21)11-9-22-20(25)23-10-8-19(14-23)16-27-15-18-6-4-3-5-7-18/h3-7,19H,8-17H2,1-2H3,(H,22,25). The van der Waals surface area contributed by atoms with E-state index in [0.717, 1.165) is 45.8 Å². The summed E-state index contributed by atoms with van der Waals surface area (Å²) in [5.74, 6) is 0.428. The maximum absolute atomic E-state index is 12.4. The molecule has 1 aromatic rings. The van der Waals surface area contributed by atoms with Crippen molar-refractivity contribution in [2.75, 3.05) is 52.5 Å². The first-order valence-electron chi connectivity index (χ1n) is 10.0. The lowest BCUT2D eigenvalue weighted by molar-refractivity contribution is -0.0498. The quantitative estimate of drug-likeness (QED) is 0.795. The van der Waals surface area contributed by atoms with Crippen LogP contribution in [-0.2, 0) is 16.1 Å². The number of hydrogen-bond donors (Lipinski definition) is 1. The molecule has 6 nitrogen and oxygen atoms in total. The number of rotatable bonds is 7. The summed E-state index contributed by atoms with van der Waals surface area (Å²) in [5.41, 5.74) is 1.23. The first kappa shape index (κ1) is 20.1. The summed E-state index contributed by atoms with van der Waals surface area (Å²) in [4.78, 5) is 16.7. The summed E-state index contributed by atoms with van der Waals surface area (Å²) in [6.07, 6.45) is 1.01. The Hall–Kier alpha value is -1.63. The highest BCUT2D eigenvalue weighted by Gasteiger charge is 2.30. The Morgan fingerprint density at radius 1 is 1.30 bits per heavy atom. The van der Waals surface area contributed by atoms with Crippen molar-refractivity contribution in [2.45, 2.75) is 32.4 Å². The van der Waals surface area contributed by atoms with E-state index in [4.69, 9.17) is 9.47 Å². The number of ether oxygens (including phenoxy) is 2. The predicted octanol–water partition coefficient (Wildman–Crippen LogP) is 2.35. The minimum absolute atomic E-state index is 0.0395. The van der Waals surface area contributed by atoms with Gasteiger partial charge in [-0.05, 0) is 25.8 Å². The molecule has 1 N–H and O–H groups in total. The molecule has 6 heteroatoms. The van der Waals surface area contributed by atoms with Gasteiger partial charge in [0, 0.05) is 44.2 Å². The summed E-state index contributed by atoms with van der Waals surface area (Å²) in [6.45, 7) is 11.3. The molecule has 2 saturated heterocycles. The predicted molar refractivity (Wildman–Crippen MR) is 106 cm³/mol. The van der Waals surface area contributed by atoms with E-state index in [2.05, 4.69) is 36.2 Å². The average molecular weight is 376 g/mol. The van der Waals surface area contributed by atoms with Crippen LogP contribution in [0.5, 0.6) is 0 Å². The van der Waals surface area contributed by atoms with Crippen molar-refractivity contribution in [1.29, 1.82) is 0 Å². The highest BCUT2D eigenvalue weighted by Crippen LogP contribution is 2.19. The molecule has 0 bridgehead atoms. The molecule has 1 atom stereocenters. The Morgan fingerprint density at radius 3 is 2.89 bits per heavy atom. The lowest BCUT2D eigenvalue weighted by Gasteiger charge is -2.42. The summed E-state index contributed by atoms with van der Waals surface area (Å²) in [5, 5.41) is 3.08. The van der Waals surface area contributed by atoms with Crippen LogP contribution in [0.25, 0.3) is 0 Å². The smallest absolute Gasteiger partial charge is 0.317 e. The molecule has 1 aromatic carbocycles. The number of carbonyl (C=O) groups excluding carboxylic acids is 1. The first-order valence-corrected chi connectivity index (χ1v) is 10.0. The minimum Gasteiger partial charge on any atom is -0.378 e.